The van der Waals surface area contributed by atoms with E-state index in [9.17, 15) is 24.6 Å². The molecule has 8 nitrogen and oxygen atoms in total. The number of H-pyrrole nitrogens is 1. The van der Waals surface area contributed by atoms with Gasteiger partial charge in [0, 0.05) is 17.7 Å². The standard InChI is InChI=1S/C24H32N2O6/c1-14-4-5-18-23(2,9-6-19(28)24(18,3)13-27)16(14)12-17(15-8-11-32-21(15)30)26-10-7-20(29)25-22(26)31/h7-8,10,16-19,27-28H,1,4-6,9,11-13H2,2-3H3,(H,25,29,31)/t16-,17?,18?,19+,23+,24-/m0/s1. The minimum atomic E-state index is -0.623. The van der Waals surface area contributed by atoms with Gasteiger partial charge in [-0.1, -0.05) is 26.0 Å². The summed E-state index contributed by atoms with van der Waals surface area (Å²) in [4.78, 5) is 39.1. The van der Waals surface area contributed by atoms with Crippen molar-refractivity contribution in [3.63, 3.8) is 0 Å². The van der Waals surface area contributed by atoms with E-state index in [0.29, 0.717) is 18.4 Å². The number of aliphatic hydroxyl groups is 2. The number of nitrogens with one attached hydrogen (secondary N) is 1. The van der Waals surface area contributed by atoms with Crippen LogP contribution in [-0.4, -0.2) is 45.1 Å². The number of allylic oxidation sites excluding steroid dienone is 1. The maximum Gasteiger partial charge on any atom is 0.336 e. The number of aromatic amines is 1. The van der Waals surface area contributed by atoms with Crippen molar-refractivity contribution < 1.29 is 19.7 Å². The molecule has 174 valence electrons. The Bertz CT molecular complexity index is 1070. The van der Waals surface area contributed by atoms with Gasteiger partial charge in [0.15, 0.2) is 0 Å². The number of fused-ring (bicyclic) bond motifs is 1. The predicted octanol–water partition coefficient (Wildman–Crippen LogP) is 1.69. The third kappa shape index (κ3) is 3.49. The van der Waals surface area contributed by atoms with Crippen LogP contribution in [0.25, 0.3) is 0 Å². The zero-order valence-electron chi connectivity index (χ0n) is 18.7. The number of carbonyl (C=O) groups is 1. The molecule has 0 aromatic carbocycles. The maximum atomic E-state index is 12.7. The van der Waals surface area contributed by atoms with Crippen LogP contribution in [0.1, 0.15) is 52.0 Å². The van der Waals surface area contributed by atoms with Crippen LogP contribution in [0, 0.1) is 22.7 Å². The number of aromatic nitrogens is 2. The first-order valence-corrected chi connectivity index (χ1v) is 11.3. The van der Waals surface area contributed by atoms with Crippen molar-refractivity contribution in [3.8, 4) is 0 Å². The van der Waals surface area contributed by atoms with Crippen molar-refractivity contribution in [2.24, 2.45) is 22.7 Å². The van der Waals surface area contributed by atoms with Crippen molar-refractivity contribution >= 4 is 5.97 Å². The van der Waals surface area contributed by atoms with E-state index >= 15 is 0 Å². The molecule has 1 aromatic rings. The van der Waals surface area contributed by atoms with Crippen molar-refractivity contribution in [1.82, 2.24) is 9.55 Å². The molecule has 3 aliphatic rings. The Morgan fingerprint density at radius 1 is 1.31 bits per heavy atom. The number of carbonyl (C=O) groups excluding carboxylic acids is 1. The fraction of sp³-hybridized carbons (Fsp3) is 0.625. The topological polar surface area (TPSA) is 122 Å². The Hall–Kier alpha value is -2.45. The largest absolute Gasteiger partial charge is 0.458 e. The summed E-state index contributed by atoms with van der Waals surface area (Å²) in [6.45, 7) is 8.53. The molecule has 0 spiro atoms. The van der Waals surface area contributed by atoms with E-state index in [-0.39, 0.29) is 30.5 Å². The van der Waals surface area contributed by atoms with Gasteiger partial charge < -0.3 is 14.9 Å². The molecule has 4 rings (SSSR count). The number of nitrogens with zero attached hydrogens (tertiary/aromatic N) is 1. The van der Waals surface area contributed by atoms with Crippen LogP contribution in [0.3, 0.4) is 0 Å². The molecule has 0 amide bonds. The van der Waals surface area contributed by atoms with Crippen LogP contribution in [0.2, 0.25) is 0 Å². The van der Waals surface area contributed by atoms with Gasteiger partial charge in [-0.3, -0.25) is 14.3 Å². The summed E-state index contributed by atoms with van der Waals surface area (Å²) < 4.78 is 6.53. The van der Waals surface area contributed by atoms with E-state index in [1.165, 1.54) is 16.8 Å². The average Bonchev–Trinajstić information content (AvgIpc) is 3.17. The highest BCUT2D eigenvalue weighted by atomic mass is 16.5. The number of aliphatic hydroxyl groups excluding tert-OH is 2. The second kappa shape index (κ2) is 8.15. The van der Waals surface area contributed by atoms with Gasteiger partial charge in [-0.2, -0.15) is 0 Å². The zero-order valence-corrected chi connectivity index (χ0v) is 18.7. The molecule has 8 heteroatoms. The van der Waals surface area contributed by atoms with Crippen molar-refractivity contribution in [2.75, 3.05) is 13.2 Å². The zero-order chi connectivity index (χ0) is 23.3. The Kier molecular flexibility index (Phi) is 5.79. The van der Waals surface area contributed by atoms with E-state index in [1.807, 2.05) is 6.92 Å². The molecule has 2 unspecified atom stereocenters. The Balaban J connectivity index is 1.77. The van der Waals surface area contributed by atoms with Gasteiger partial charge >= 0.3 is 11.7 Å². The summed E-state index contributed by atoms with van der Waals surface area (Å²) in [7, 11) is 0. The molecule has 3 N–H and O–H groups in total. The number of hydrogen-bond acceptors (Lipinski definition) is 6. The molecule has 2 fully saturated rings. The van der Waals surface area contributed by atoms with Crippen LogP contribution >= 0.6 is 0 Å². The summed E-state index contributed by atoms with van der Waals surface area (Å²) in [6, 6.07) is 0.661. The highest BCUT2D eigenvalue weighted by Crippen LogP contribution is 2.62. The first kappa shape index (κ1) is 22.7. The summed E-state index contributed by atoms with van der Waals surface area (Å²) in [5.41, 5.74) is -0.512. The van der Waals surface area contributed by atoms with Crippen molar-refractivity contribution in [1.29, 1.82) is 0 Å². The lowest BCUT2D eigenvalue weighted by Crippen LogP contribution is -2.57. The highest BCUT2D eigenvalue weighted by molar-refractivity contribution is 5.91. The average molecular weight is 445 g/mol. The van der Waals surface area contributed by atoms with Gasteiger partial charge in [0.2, 0.25) is 0 Å². The predicted molar refractivity (Wildman–Crippen MR) is 118 cm³/mol. The van der Waals surface area contributed by atoms with Crippen LogP contribution in [-0.2, 0) is 9.53 Å². The lowest BCUT2D eigenvalue weighted by molar-refractivity contribution is -0.153. The van der Waals surface area contributed by atoms with Crippen LogP contribution in [0.4, 0.5) is 0 Å². The molecular weight excluding hydrogens is 412 g/mol. The van der Waals surface area contributed by atoms with Gasteiger partial charge in [0.25, 0.3) is 5.56 Å². The van der Waals surface area contributed by atoms with E-state index in [0.717, 1.165) is 24.8 Å². The number of ether oxygens (including phenoxy) is 1. The Labute approximate surface area is 186 Å². The fourth-order valence-electron chi connectivity index (χ4n) is 6.57. The third-order valence-electron chi connectivity index (χ3n) is 8.45. The highest BCUT2D eigenvalue weighted by Gasteiger charge is 2.58. The van der Waals surface area contributed by atoms with E-state index in [4.69, 9.17) is 4.74 Å². The van der Waals surface area contributed by atoms with Crippen molar-refractivity contribution in [2.45, 2.75) is 58.1 Å². The maximum absolute atomic E-state index is 12.7. The molecule has 0 saturated heterocycles. The van der Waals surface area contributed by atoms with Gasteiger partial charge in [-0.25, -0.2) is 9.59 Å². The van der Waals surface area contributed by atoms with Gasteiger partial charge in [-0.15, -0.1) is 0 Å². The Morgan fingerprint density at radius 2 is 2.06 bits per heavy atom. The van der Waals surface area contributed by atoms with E-state index in [2.05, 4.69) is 18.5 Å². The second-order valence-electron chi connectivity index (χ2n) is 10.1. The van der Waals surface area contributed by atoms with Gasteiger partial charge in [0.05, 0.1) is 24.3 Å². The first-order chi connectivity index (χ1) is 15.1. The second-order valence-corrected chi connectivity index (χ2v) is 10.1. The lowest BCUT2D eigenvalue weighted by atomic mass is 9.46. The smallest absolute Gasteiger partial charge is 0.336 e. The van der Waals surface area contributed by atoms with Crippen molar-refractivity contribution in [3.05, 3.63) is 56.9 Å². The third-order valence-corrected chi connectivity index (χ3v) is 8.45. The molecule has 2 saturated carbocycles. The Morgan fingerprint density at radius 3 is 2.69 bits per heavy atom. The summed E-state index contributed by atoms with van der Waals surface area (Å²) in [5.74, 6) is -0.440. The molecule has 6 atom stereocenters. The molecule has 2 heterocycles. The monoisotopic (exact) mass is 444 g/mol. The van der Waals surface area contributed by atoms with Crippen LogP contribution in [0.15, 0.2) is 45.7 Å². The fourth-order valence-corrected chi connectivity index (χ4v) is 6.57. The SMILES string of the molecule is C=C1CCC2[C@](C)(CO)[C@H](O)CC[C@]2(C)[C@H]1CC(C1=CCOC1=O)n1ccc(=O)[nH]c1=O. The normalized spacial score (nSPS) is 35.8. The minimum Gasteiger partial charge on any atom is -0.458 e. The van der Waals surface area contributed by atoms with E-state index < -0.39 is 34.8 Å². The minimum absolute atomic E-state index is 0.0437. The van der Waals surface area contributed by atoms with E-state index in [1.54, 1.807) is 6.08 Å². The first-order valence-electron chi connectivity index (χ1n) is 11.3. The summed E-state index contributed by atoms with van der Waals surface area (Å²) >= 11 is 0. The van der Waals surface area contributed by atoms with Gasteiger partial charge in [0.1, 0.15) is 6.61 Å². The van der Waals surface area contributed by atoms with Crippen LogP contribution in [0.5, 0.6) is 0 Å². The van der Waals surface area contributed by atoms with Gasteiger partial charge in [-0.05, 0) is 55.4 Å². The lowest BCUT2D eigenvalue weighted by Gasteiger charge is -2.60. The molecule has 0 radical (unpaired) electrons. The number of hydrogen-bond donors (Lipinski definition) is 3. The molecule has 1 aromatic heterocycles. The quantitative estimate of drug-likeness (QED) is 0.469. The summed E-state index contributed by atoms with van der Waals surface area (Å²) in [6.07, 6.45) is 5.89. The van der Waals surface area contributed by atoms with Crippen LogP contribution < -0.4 is 11.2 Å². The molecule has 2 aliphatic carbocycles. The summed E-state index contributed by atoms with van der Waals surface area (Å²) in [5, 5.41) is 21.0. The molecule has 1 aliphatic heterocycles. The number of cyclic esters (lactones) is 1. The number of rotatable bonds is 5. The number of esters is 1. The molecular formula is C24H32N2O6. The molecule has 32 heavy (non-hydrogen) atoms. The molecule has 0 bridgehead atoms.